The number of hydrogen-bond donors (Lipinski definition) is 3. The molecule has 3 N–H and O–H groups in total. The van der Waals surface area contributed by atoms with E-state index in [-0.39, 0.29) is 11.6 Å². The zero-order chi connectivity index (χ0) is 27.7. The topological polar surface area (TPSA) is 131 Å². The first kappa shape index (κ1) is 25.9. The number of nitrogens with zero attached hydrogens (tertiary/aromatic N) is 3. The molecule has 0 bridgehead atoms. The fourth-order valence-electron chi connectivity index (χ4n) is 4.08. The molecule has 0 aliphatic carbocycles. The molecule has 0 radical (unpaired) electrons. The summed E-state index contributed by atoms with van der Waals surface area (Å²) in [5.74, 6) is 0.0225. The number of carbonyl (C=O) groups is 1. The summed E-state index contributed by atoms with van der Waals surface area (Å²) in [6.45, 7) is 0. The molecule has 1 heterocycles. The van der Waals surface area contributed by atoms with Crippen molar-refractivity contribution in [2.24, 2.45) is 0 Å². The second-order valence-corrected chi connectivity index (χ2v) is 8.61. The third kappa shape index (κ3) is 6.20. The van der Waals surface area contributed by atoms with E-state index in [4.69, 9.17) is 4.74 Å². The van der Waals surface area contributed by atoms with Gasteiger partial charge in [0.15, 0.2) is 0 Å². The van der Waals surface area contributed by atoms with Crippen LogP contribution in [0.15, 0.2) is 122 Å². The number of para-hydroxylation sites is 1. The number of nitrogens with one attached hydrogen (secondary N) is 3. The van der Waals surface area contributed by atoms with E-state index in [9.17, 15) is 14.9 Å². The fourth-order valence-corrected chi connectivity index (χ4v) is 4.08. The molecule has 0 unspecified atom stereocenters. The van der Waals surface area contributed by atoms with Crippen LogP contribution in [0.25, 0.3) is 0 Å². The van der Waals surface area contributed by atoms with Gasteiger partial charge in [-0.25, -0.2) is 9.97 Å². The maximum atomic E-state index is 13.3. The summed E-state index contributed by atoms with van der Waals surface area (Å²) < 4.78 is 5.79. The maximum absolute atomic E-state index is 13.3. The molecule has 4 aromatic carbocycles. The van der Waals surface area contributed by atoms with Crippen molar-refractivity contribution >= 4 is 28.9 Å². The highest BCUT2D eigenvalue weighted by atomic mass is 16.6. The summed E-state index contributed by atoms with van der Waals surface area (Å²) in [7, 11) is 0. The second-order valence-electron chi connectivity index (χ2n) is 8.61. The van der Waals surface area contributed by atoms with Crippen molar-refractivity contribution in [3.63, 3.8) is 0 Å². The van der Waals surface area contributed by atoms with Gasteiger partial charge in [0.2, 0.25) is 17.5 Å². The van der Waals surface area contributed by atoms with Crippen LogP contribution >= 0.6 is 0 Å². The second kappa shape index (κ2) is 12.2. The zero-order valence-electron chi connectivity index (χ0n) is 21.1. The Morgan fingerprint density at radius 3 is 1.82 bits per heavy atom. The Balaban J connectivity index is 1.33. The Kier molecular flexibility index (Phi) is 7.88. The molecule has 0 fully saturated rings. The molecule has 1 aromatic heterocycles. The van der Waals surface area contributed by atoms with Gasteiger partial charge in [-0.3, -0.25) is 25.8 Å². The average molecular weight is 533 g/mol. The molecule has 0 saturated carbocycles. The number of amides is 1. The van der Waals surface area contributed by atoms with Crippen LogP contribution in [0.4, 0.5) is 23.0 Å². The fraction of sp³-hybridized carbons (Fsp3) is 0.0333. The quantitative estimate of drug-likeness (QED) is 0.143. The Hall–Kier alpha value is -5.77. The van der Waals surface area contributed by atoms with Gasteiger partial charge < -0.3 is 10.1 Å². The van der Waals surface area contributed by atoms with E-state index in [1.54, 1.807) is 24.3 Å². The highest BCUT2D eigenvalue weighted by Crippen LogP contribution is 2.32. The minimum absolute atomic E-state index is 0.0452. The molecule has 5 aromatic rings. The Labute approximate surface area is 229 Å². The Morgan fingerprint density at radius 2 is 1.25 bits per heavy atom. The summed E-state index contributed by atoms with van der Waals surface area (Å²) in [6, 6.07) is 34.7. The van der Waals surface area contributed by atoms with Crippen molar-refractivity contribution in [2.75, 3.05) is 10.7 Å². The van der Waals surface area contributed by atoms with Crippen LogP contribution in [0.1, 0.15) is 17.0 Å². The number of carbonyl (C=O) groups excluding carboxylic acids is 1. The van der Waals surface area contributed by atoms with Crippen LogP contribution in [0.5, 0.6) is 11.5 Å². The lowest BCUT2D eigenvalue weighted by atomic mass is 9.91. The third-order valence-corrected chi connectivity index (χ3v) is 5.93. The van der Waals surface area contributed by atoms with Crippen molar-refractivity contribution in [3.05, 3.63) is 143 Å². The number of hydrazine groups is 1. The summed E-state index contributed by atoms with van der Waals surface area (Å²) in [6.07, 6.45) is 1.17. The predicted octanol–water partition coefficient (Wildman–Crippen LogP) is 6.20. The third-order valence-electron chi connectivity index (χ3n) is 5.93. The SMILES string of the molecule is O=C(NNc1ncnc(Nc2ccc(Oc3ccccc3)cc2)c1[N+](=O)[O-])C(c1ccccc1)c1ccccc1. The number of ether oxygens (including phenoxy) is 1. The standard InChI is InChI=1S/C30H24N6O4/c37-30(26(21-10-4-1-5-11-21)22-12-6-2-7-13-22)35-34-29-27(36(38)39)28(31-20-32-29)33-23-16-18-25(19-17-23)40-24-14-8-3-9-15-24/h1-20,26H,(H,35,37)(H2,31,32,33,34). The normalized spacial score (nSPS) is 10.5. The molecule has 0 aliphatic rings. The van der Waals surface area contributed by atoms with E-state index in [2.05, 4.69) is 26.1 Å². The summed E-state index contributed by atoms with van der Waals surface area (Å²) in [5.41, 5.74) is 6.87. The molecule has 5 rings (SSSR count). The molecule has 40 heavy (non-hydrogen) atoms. The van der Waals surface area contributed by atoms with Gasteiger partial charge in [0.05, 0.1) is 10.8 Å². The highest BCUT2D eigenvalue weighted by molar-refractivity contribution is 5.88. The highest BCUT2D eigenvalue weighted by Gasteiger charge is 2.26. The van der Waals surface area contributed by atoms with Crippen LogP contribution in [0.2, 0.25) is 0 Å². The van der Waals surface area contributed by atoms with Gasteiger partial charge in [-0.1, -0.05) is 78.9 Å². The maximum Gasteiger partial charge on any atom is 0.355 e. The Bertz CT molecular complexity index is 1540. The zero-order valence-corrected chi connectivity index (χ0v) is 21.1. The lowest BCUT2D eigenvalue weighted by Crippen LogP contribution is -2.35. The van der Waals surface area contributed by atoms with E-state index in [0.29, 0.717) is 17.2 Å². The minimum Gasteiger partial charge on any atom is -0.457 e. The Morgan fingerprint density at radius 1 is 0.725 bits per heavy atom. The monoisotopic (exact) mass is 532 g/mol. The molecule has 0 aliphatic heterocycles. The molecule has 198 valence electrons. The van der Waals surface area contributed by atoms with E-state index < -0.39 is 22.4 Å². The molecular formula is C30H24N6O4. The summed E-state index contributed by atoms with van der Waals surface area (Å²) in [4.78, 5) is 32.8. The van der Waals surface area contributed by atoms with E-state index in [0.717, 1.165) is 11.1 Å². The van der Waals surface area contributed by atoms with Crippen molar-refractivity contribution in [1.82, 2.24) is 15.4 Å². The van der Waals surface area contributed by atoms with Crippen molar-refractivity contribution in [2.45, 2.75) is 5.92 Å². The van der Waals surface area contributed by atoms with Gasteiger partial charge >= 0.3 is 5.69 Å². The van der Waals surface area contributed by atoms with Gasteiger partial charge in [0.25, 0.3) is 0 Å². The van der Waals surface area contributed by atoms with Gasteiger partial charge in [-0.05, 0) is 47.5 Å². The molecule has 1 amide bonds. The van der Waals surface area contributed by atoms with Crippen LogP contribution in [-0.2, 0) is 4.79 Å². The average Bonchev–Trinajstić information content (AvgIpc) is 2.99. The first-order valence-electron chi connectivity index (χ1n) is 12.3. The van der Waals surface area contributed by atoms with Crippen LogP contribution in [-0.4, -0.2) is 20.8 Å². The minimum atomic E-state index is -0.648. The van der Waals surface area contributed by atoms with Crippen LogP contribution < -0.4 is 20.9 Å². The molecule has 0 atom stereocenters. The van der Waals surface area contributed by atoms with Crippen molar-refractivity contribution < 1.29 is 14.5 Å². The first-order valence-corrected chi connectivity index (χ1v) is 12.3. The smallest absolute Gasteiger partial charge is 0.355 e. The lowest BCUT2D eigenvalue weighted by Gasteiger charge is -2.18. The van der Waals surface area contributed by atoms with Gasteiger partial charge in [0, 0.05) is 5.69 Å². The number of benzene rings is 4. The number of hydrogen-bond acceptors (Lipinski definition) is 8. The molecule has 0 spiro atoms. The molecule has 10 heteroatoms. The van der Waals surface area contributed by atoms with Crippen LogP contribution in [0, 0.1) is 10.1 Å². The number of rotatable bonds is 10. The van der Waals surface area contributed by atoms with Crippen LogP contribution in [0.3, 0.4) is 0 Å². The van der Waals surface area contributed by atoms with Crippen molar-refractivity contribution in [3.8, 4) is 11.5 Å². The largest absolute Gasteiger partial charge is 0.457 e. The number of aromatic nitrogens is 2. The molecule has 0 saturated heterocycles. The van der Waals surface area contributed by atoms with E-state index >= 15 is 0 Å². The van der Waals surface area contributed by atoms with Gasteiger partial charge in [-0.2, -0.15) is 0 Å². The summed E-state index contributed by atoms with van der Waals surface area (Å²) >= 11 is 0. The van der Waals surface area contributed by atoms with E-state index in [1.807, 2.05) is 91.0 Å². The van der Waals surface area contributed by atoms with Gasteiger partial charge in [-0.15, -0.1) is 0 Å². The number of nitro groups is 1. The molecule has 10 nitrogen and oxygen atoms in total. The molecular weight excluding hydrogens is 508 g/mol. The predicted molar refractivity (Wildman–Crippen MR) is 151 cm³/mol. The summed E-state index contributed by atoms with van der Waals surface area (Å²) in [5, 5.41) is 15.0. The van der Waals surface area contributed by atoms with Gasteiger partial charge in [0.1, 0.15) is 17.8 Å². The van der Waals surface area contributed by atoms with E-state index in [1.165, 1.54) is 6.33 Å². The number of anilines is 3. The van der Waals surface area contributed by atoms with Crippen molar-refractivity contribution in [1.29, 1.82) is 0 Å². The first-order chi connectivity index (χ1) is 19.6. The lowest BCUT2D eigenvalue weighted by molar-refractivity contribution is -0.383.